The fourth-order valence-electron chi connectivity index (χ4n) is 3.68. The van der Waals surface area contributed by atoms with Crippen LogP contribution in [-0.4, -0.2) is 41.7 Å². The highest BCUT2D eigenvalue weighted by Crippen LogP contribution is 2.31. The Labute approximate surface area is 217 Å². The van der Waals surface area contributed by atoms with E-state index in [1.165, 1.54) is 32.4 Å². The zero-order valence-corrected chi connectivity index (χ0v) is 20.8. The van der Waals surface area contributed by atoms with Crippen molar-refractivity contribution in [3.8, 4) is 11.3 Å². The van der Waals surface area contributed by atoms with E-state index < -0.39 is 35.6 Å². The van der Waals surface area contributed by atoms with Crippen molar-refractivity contribution >= 4 is 23.2 Å². The third kappa shape index (κ3) is 5.78. The number of nitrogens with one attached hydrogen (secondary N) is 2. The highest BCUT2D eigenvalue weighted by atomic mass is 19.4. The van der Waals surface area contributed by atoms with Gasteiger partial charge in [-0.25, -0.2) is 9.78 Å². The number of pyridine rings is 1. The Balaban J connectivity index is 1.50. The smallest absolute Gasteiger partial charge is 0.383 e. The first-order valence-electron chi connectivity index (χ1n) is 11.3. The molecular formula is C23H22F3N9O4. The molecule has 0 aromatic carbocycles. The maximum absolute atomic E-state index is 13.0. The molecule has 0 aliphatic rings. The number of rotatable bonds is 7. The zero-order chi connectivity index (χ0) is 28.5. The fourth-order valence-corrected chi connectivity index (χ4v) is 3.68. The van der Waals surface area contributed by atoms with Crippen LogP contribution in [0.25, 0.3) is 11.3 Å². The molecule has 0 spiro atoms. The predicted octanol–water partition coefficient (Wildman–Crippen LogP) is 1.70. The lowest BCUT2D eigenvalue weighted by molar-refractivity contribution is -0.141. The van der Waals surface area contributed by atoms with E-state index in [9.17, 15) is 27.6 Å². The minimum absolute atomic E-state index is 0.00379. The lowest BCUT2D eigenvalue weighted by atomic mass is 10.1. The highest BCUT2D eigenvalue weighted by molar-refractivity contribution is 5.93. The van der Waals surface area contributed by atoms with Gasteiger partial charge in [0.15, 0.2) is 5.82 Å². The lowest BCUT2D eigenvalue weighted by Crippen LogP contribution is -2.42. The number of anilines is 3. The molecule has 13 nitrogen and oxygen atoms in total. The van der Waals surface area contributed by atoms with Gasteiger partial charge in [0.1, 0.15) is 28.7 Å². The zero-order valence-electron chi connectivity index (χ0n) is 20.8. The molecule has 0 saturated heterocycles. The summed E-state index contributed by atoms with van der Waals surface area (Å²) in [6.45, 7) is 2.32. The number of aromatic nitrogens is 6. The van der Waals surface area contributed by atoms with Gasteiger partial charge in [-0.2, -0.15) is 13.2 Å². The van der Waals surface area contributed by atoms with Crippen LogP contribution in [0.15, 0.2) is 44.8 Å². The number of aryl methyl sites for hydroxylation is 2. The number of halogens is 3. The molecule has 4 aromatic rings. The molecule has 0 bridgehead atoms. The number of nitrogens with two attached hydrogens (primary N) is 1. The van der Waals surface area contributed by atoms with E-state index in [-0.39, 0.29) is 40.7 Å². The summed E-state index contributed by atoms with van der Waals surface area (Å²) in [7, 11) is 1.37. The van der Waals surface area contributed by atoms with Crippen molar-refractivity contribution in [3.05, 3.63) is 74.3 Å². The number of carbonyl (C=O) groups excluding carboxylic acids is 1. The topological polar surface area (TPSA) is 176 Å². The highest BCUT2D eigenvalue weighted by Gasteiger charge is 2.34. The second-order valence-electron chi connectivity index (χ2n) is 8.50. The van der Waals surface area contributed by atoms with Crippen LogP contribution in [0.4, 0.5) is 30.5 Å². The molecule has 0 atom stereocenters. The predicted molar refractivity (Wildman–Crippen MR) is 133 cm³/mol. The second kappa shape index (κ2) is 10.4. The van der Waals surface area contributed by atoms with E-state index in [1.807, 2.05) is 0 Å². The largest absolute Gasteiger partial charge is 0.433 e. The van der Waals surface area contributed by atoms with Crippen molar-refractivity contribution in [2.75, 3.05) is 22.9 Å². The maximum Gasteiger partial charge on any atom is 0.433 e. The van der Waals surface area contributed by atoms with Gasteiger partial charge in [0, 0.05) is 24.9 Å². The number of amides is 1. The van der Waals surface area contributed by atoms with Crippen LogP contribution in [0.3, 0.4) is 0 Å². The molecular weight excluding hydrogens is 523 g/mol. The Hall–Kier alpha value is -5.02. The van der Waals surface area contributed by atoms with Gasteiger partial charge >= 0.3 is 11.9 Å². The van der Waals surface area contributed by atoms with Gasteiger partial charge in [-0.15, -0.1) is 0 Å². The summed E-state index contributed by atoms with van der Waals surface area (Å²) < 4.78 is 45.9. The molecule has 16 heteroatoms. The molecule has 39 heavy (non-hydrogen) atoms. The van der Waals surface area contributed by atoms with Gasteiger partial charge in [0.25, 0.3) is 5.56 Å². The minimum atomic E-state index is -4.59. The molecule has 0 radical (unpaired) electrons. The number of nitrogen functional groups attached to an aromatic ring is 1. The maximum atomic E-state index is 13.0. The second-order valence-corrected chi connectivity index (χ2v) is 8.50. The van der Waals surface area contributed by atoms with E-state index in [1.54, 1.807) is 13.0 Å². The molecule has 0 aliphatic carbocycles. The molecule has 0 fully saturated rings. The van der Waals surface area contributed by atoms with Crippen LogP contribution in [-0.2, 0) is 24.6 Å². The Bertz CT molecular complexity index is 1670. The average molecular weight is 545 g/mol. The molecule has 4 heterocycles. The quantitative estimate of drug-likeness (QED) is 0.310. The summed E-state index contributed by atoms with van der Waals surface area (Å²) in [5.74, 6) is -0.326. The van der Waals surface area contributed by atoms with Gasteiger partial charge in [-0.1, -0.05) is 5.16 Å². The van der Waals surface area contributed by atoms with Gasteiger partial charge < -0.3 is 20.9 Å². The molecule has 4 aromatic heterocycles. The summed E-state index contributed by atoms with van der Waals surface area (Å²) in [4.78, 5) is 49.8. The SMILES string of the molecule is Cc1cc(Cn2c(=O)c(NCC(=O)Nc3cncc(-c4cnc(C(F)(F)F)c(C)c4)n3)c(N)n(C)c2=O)no1. The number of nitrogens with zero attached hydrogens (tertiary/aromatic N) is 6. The Morgan fingerprint density at radius 3 is 2.54 bits per heavy atom. The Morgan fingerprint density at radius 2 is 1.90 bits per heavy atom. The molecule has 4 rings (SSSR count). The van der Waals surface area contributed by atoms with Crippen LogP contribution in [0.1, 0.15) is 22.7 Å². The van der Waals surface area contributed by atoms with Crippen molar-refractivity contribution in [1.82, 2.24) is 29.2 Å². The third-order valence-electron chi connectivity index (χ3n) is 5.56. The van der Waals surface area contributed by atoms with Gasteiger partial charge in [-0.05, 0) is 25.5 Å². The summed E-state index contributed by atoms with van der Waals surface area (Å²) in [6.07, 6.45) is -1.04. The summed E-state index contributed by atoms with van der Waals surface area (Å²) in [5, 5.41) is 8.89. The lowest BCUT2D eigenvalue weighted by Gasteiger charge is -2.14. The first kappa shape index (κ1) is 27.0. The van der Waals surface area contributed by atoms with E-state index in [4.69, 9.17) is 10.3 Å². The molecule has 204 valence electrons. The third-order valence-corrected chi connectivity index (χ3v) is 5.56. The monoisotopic (exact) mass is 545 g/mol. The number of alkyl halides is 3. The van der Waals surface area contributed by atoms with Crippen LogP contribution in [0.5, 0.6) is 0 Å². The van der Waals surface area contributed by atoms with E-state index in [0.717, 1.165) is 15.3 Å². The fraction of sp³-hybridized carbons (Fsp3) is 0.261. The summed E-state index contributed by atoms with van der Waals surface area (Å²) in [6, 6.07) is 2.83. The van der Waals surface area contributed by atoms with Gasteiger partial charge in [0.2, 0.25) is 5.91 Å². The normalized spacial score (nSPS) is 11.4. The first-order chi connectivity index (χ1) is 18.3. The van der Waals surface area contributed by atoms with Crippen molar-refractivity contribution in [2.24, 2.45) is 7.05 Å². The summed E-state index contributed by atoms with van der Waals surface area (Å²) in [5.41, 5.74) is 3.99. The number of carbonyl (C=O) groups is 1. The Kier molecular flexibility index (Phi) is 7.20. The molecule has 0 unspecified atom stereocenters. The van der Waals surface area contributed by atoms with Crippen LogP contribution in [0, 0.1) is 13.8 Å². The van der Waals surface area contributed by atoms with Crippen molar-refractivity contribution < 1.29 is 22.5 Å². The van der Waals surface area contributed by atoms with E-state index in [0.29, 0.717) is 11.5 Å². The number of hydrogen-bond donors (Lipinski definition) is 3. The molecule has 0 aliphatic heterocycles. The summed E-state index contributed by atoms with van der Waals surface area (Å²) >= 11 is 0. The average Bonchev–Trinajstić information content (AvgIpc) is 3.29. The van der Waals surface area contributed by atoms with Gasteiger partial charge in [-0.3, -0.25) is 28.7 Å². The van der Waals surface area contributed by atoms with E-state index in [2.05, 4.69) is 30.7 Å². The molecule has 1 amide bonds. The van der Waals surface area contributed by atoms with Crippen LogP contribution < -0.4 is 27.6 Å². The first-order valence-corrected chi connectivity index (χ1v) is 11.3. The van der Waals surface area contributed by atoms with Crippen molar-refractivity contribution in [3.63, 3.8) is 0 Å². The van der Waals surface area contributed by atoms with Crippen molar-refractivity contribution in [1.29, 1.82) is 0 Å². The molecule has 0 saturated carbocycles. The van der Waals surface area contributed by atoms with Gasteiger partial charge in [0.05, 0.1) is 31.2 Å². The Morgan fingerprint density at radius 1 is 1.15 bits per heavy atom. The standard InChI is InChI=1S/C23H22F3N9O4/c1-11-4-13(6-30-19(11)23(24,25)26)15-7-28-8-16(31-15)32-17(36)9-29-18-20(27)34(3)22(38)35(21(18)37)10-14-5-12(2)39-33-14/h4-8,29H,9-10,27H2,1-3H3,(H,31,32,36). The van der Waals surface area contributed by atoms with Crippen LogP contribution >= 0.6 is 0 Å². The van der Waals surface area contributed by atoms with E-state index >= 15 is 0 Å². The molecule has 4 N–H and O–H groups in total. The van der Waals surface area contributed by atoms with Crippen LogP contribution in [0.2, 0.25) is 0 Å². The van der Waals surface area contributed by atoms with Crippen molar-refractivity contribution in [2.45, 2.75) is 26.6 Å². The minimum Gasteiger partial charge on any atom is -0.383 e. The number of hydrogen-bond acceptors (Lipinski definition) is 10.